The van der Waals surface area contributed by atoms with Gasteiger partial charge in [0.05, 0.1) is 0 Å². The van der Waals surface area contributed by atoms with Crippen molar-refractivity contribution in [3.63, 3.8) is 0 Å². The Hall–Kier alpha value is -3.60. The molecule has 0 aliphatic heterocycles. The van der Waals surface area contributed by atoms with E-state index >= 15 is 0 Å². The highest BCUT2D eigenvalue weighted by atomic mass is 16.2. The lowest BCUT2D eigenvalue weighted by atomic mass is 10.1. The van der Waals surface area contributed by atoms with Crippen molar-refractivity contribution in [2.24, 2.45) is 0 Å². The number of anilines is 1. The van der Waals surface area contributed by atoms with Gasteiger partial charge in [-0.25, -0.2) is 9.78 Å². The van der Waals surface area contributed by atoms with Crippen LogP contribution >= 0.6 is 0 Å². The summed E-state index contributed by atoms with van der Waals surface area (Å²) in [6.45, 7) is 2.61. The average Bonchev–Trinajstić information content (AvgIpc) is 3.08. The zero-order chi connectivity index (χ0) is 19.3. The Morgan fingerprint density at radius 3 is 2.50 bits per heavy atom. The maximum absolute atomic E-state index is 12.5. The smallest absolute Gasteiger partial charge is 0.320 e. The van der Waals surface area contributed by atoms with Crippen LogP contribution in [0.15, 0.2) is 79.0 Å². The quantitative estimate of drug-likeness (QED) is 0.536. The standard InChI is InChI=1S/C23H22N4O/c1-17-10-12-19(13-11-17)21-22(27-16-6-5-9-20(27)25-21)26-23(28)24-15-14-18-7-3-2-4-8-18/h2-13,16H,14-15H2,1H3,(H2,24,26,28). The largest absolute Gasteiger partial charge is 0.337 e. The fourth-order valence-electron chi connectivity index (χ4n) is 3.14. The van der Waals surface area contributed by atoms with Crippen LogP contribution in [0.25, 0.3) is 16.9 Å². The Balaban J connectivity index is 1.54. The lowest BCUT2D eigenvalue weighted by Crippen LogP contribution is -2.31. The van der Waals surface area contributed by atoms with Crippen molar-refractivity contribution >= 4 is 17.5 Å². The molecule has 2 amide bonds. The van der Waals surface area contributed by atoms with Crippen LogP contribution in [-0.2, 0) is 6.42 Å². The van der Waals surface area contributed by atoms with Gasteiger partial charge in [-0.3, -0.25) is 9.72 Å². The Bertz CT molecular complexity index is 1080. The monoisotopic (exact) mass is 370 g/mol. The molecule has 2 aromatic carbocycles. The Morgan fingerprint density at radius 1 is 0.964 bits per heavy atom. The first-order valence-corrected chi connectivity index (χ1v) is 9.33. The minimum atomic E-state index is -0.241. The van der Waals surface area contributed by atoms with Crippen molar-refractivity contribution in [3.8, 4) is 11.3 Å². The molecule has 0 aliphatic rings. The minimum Gasteiger partial charge on any atom is -0.337 e. The summed E-state index contributed by atoms with van der Waals surface area (Å²) in [5.41, 5.74) is 4.88. The third kappa shape index (κ3) is 3.88. The number of hydrogen-bond acceptors (Lipinski definition) is 2. The molecule has 5 nitrogen and oxygen atoms in total. The number of amides is 2. The summed E-state index contributed by atoms with van der Waals surface area (Å²) in [4.78, 5) is 17.2. The van der Waals surface area contributed by atoms with E-state index in [0.717, 1.165) is 23.3 Å². The van der Waals surface area contributed by atoms with E-state index in [4.69, 9.17) is 4.98 Å². The summed E-state index contributed by atoms with van der Waals surface area (Å²) >= 11 is 0. The van der Waals surface area contributed by atoms with E-state index < -0.39 is 0 Å². The number of nitrogens with one attached hydrogen (secondary N) is 2. The molecular formula is C23H22N4O. The number of rotatable bonds is 5. The van der Waals surface area contributed by atoms with Crippen LogP contribution < -0.4 is 10.6 Å². The summed E-state index contributed by atoms with van der Waals surface area (Å²) in [7, 11) is 0. The molecular weight excluding hydrogens is 348 g/mol. The van der Waals surface area contributed by atoms with Gasteiger partial charge in [0.15, 0.2) is 0 Å². The van der Waals surface area contributed by atoms with Crippen LogP contribution in [0, 0.1) is 6.92 Å². The normalized spacial score (nSPS) is 10.8. The van der Waals surface area contributed by atoms with Crippen molar-refractivity contribution in [3.05, 3.63) is 90.1 Å². The summed E-state index contributed by atoms with van der Waals surface area (Å²) in [6, 6.07) is 23.8. The third-order valence-electron chi connectivity index (χ3n) is 4.63. The molecule has 4 rings (SSSR count). The number of urea groups is 1. The maximum Gasteiger partial charge on any atom is 0.320 e. The molecule has 2 N–H and O–H groups in total. The molecule has 0 saturated carbocycles. The number of nitrogens with zero attached hydrogens (tertiary/aromatic N) is 2. The van der Waals surface area contributed by atoms with Crippen LogP contribution in [0.5, 0.6) is 0 Å². The van der Waals surface area contributed by atoms with Gasteiger partial charge in [0.1, 0.15) is 17.2 Å². The lowest BCUT2D eigenvalue weighted by molar-refractivity contribution is 0.252. The second kappa shape index (κ2) is 7.96. The topological polar surface area (TPSA) is 58.4 Å². The SMILES string of the molecule is Cc1ccc(-c2nc3ccccn3c2NC(=O)NCCc2ccccc2)cc1. The van der Waals surface area contributed by atoms with E-state index in [2.05, 4.69) is 22.8 Å². The molecule has 0 radical (unpaired) electrons. The van der Waals surface area contributed by atoms with E-state index in [1.54, 1.807) is 0 Å². The van der Waals surface area contributed by atoms with Crippen LogP contribution in [0.3, 0.4) is 0 Å². The molecule has 28 heavy (non-hydrogen) atoms. The number of aryl methyl sites for hydroxylation is 1. The first kappa shape index (κ1) is 17.8. The number of hydrogen-bond donors (Lipinski definition) is 2. The fourth-order valence-corrected chi connectivity index (χ4v) is 3.14. The first-order chi connectivity index (χ1) is 13.7. The first-order valence-electron chi connectivity index (χ1n) is 9.33. The Morgan fingerprint density at radius 2 is 1.71 bits per heavy atom. The van der Waals surface area contributed by atoms with Gasteiger partial charge in [-0.15, -0.1) is 0 Å². The molecule has 0 fully saturated rings. The van der Waals surface area contributed by atoms with E-state index in [1.165, 1.54) is 11.1 Å². The summed E-state index contributed by atoms with van der Waals surface area (Å²) in [5, 5.41) is 5.91. The molecule has 0 bridgehead atoms. The third-order valence-corrected chi connectivity index (χ3v) is 4.63. The van der Waals surface area contributed by atoms with Crippen LogP contribution in [-0.4, -0.2) is 22.0 Å². The van der Waals surface area contributed by atoms with Gasteiger partial charge in [0, 0.05) is 18.3 Å². The van der Waals surface area contributed by atoms with Crippen LogP contribution in [0.1, 0.15) is 11.1 Å². The van der Waals surface area contributed by atoms with Gasteiger partial charge in [-0.1, -0.05) is 66.2 Å². The van der Waals surface area contributed by atoms with E-state index in [0.29, 0.717) is 12.4 Å². The summed E-state index contributed by atoms with van der Waals surface area (Å²) in [5.74, 6) is 0.664. The van der Waals surface area contributed by atoms with Crippen molar-refractivity contribution in [1.82, 2.24) is 14.7 Å². The minimum absolute atomic E-state index is 0.241. The highest BCUT2D eigenvalue weighted by molar-refractivity contribution is 5.93. The van der Waals surface area contributed by atoms with Crippen molar-refractivity contribution in [2.45, 2.75) is 13.3 Å². The molecule has 0 atom stereocenters. The van der Waals surface area contributed by atoms with Gasteiger partial charge in [0.25, 0.3) is 0 Å². The van der Waals surface area contributed by atoms with E-state index in [1.807, 2.05) is 78.2 Å². The number of carbonyl (C=O) groups is 1. The number of pyridine rings is 1. The molecule has 4 aromatic rings. The number of benzene rings is 2. The average molecular weight is 370 g/mol. The summed E-state index contributed by atoms with van der Waals surface area (Å²) < 4.78 is 1.89. The highest BCUT2D eigenvalue weighted by Gasteiger charge is 2.16. The number of aromatic nitrogens is 2. The van der Waals surface area contributed by atoms with Gasteiger partial charge >= 0.3 is 6.03 Å². The zero-order valence-corrected chi connectivity index (χ0v) is 15.7. The number of imidazole rings is 1. The van der Waals surface area contributed by atoms with E-state index in [-0.39, 0.29) is 6.03 Å². The predicted molar refractivity (Wildman–Crippen MR) is 113 cm³/mol. The van der Waals surface area contributed by atoms with Crippen molar-refractivity contribution < 1.29 is 4.79 Å². The predicted octanol–water partition coefficient (Wildman–Crippen LogP) is 4.67. The molecule has 2 heterocycles. The molecule has 0 unspecified atom stereocenters. The number of fused-ring (bicyclic) bond motifs is 1. The summed E-state index contributed by atoms with van der Waals surface area (Å²) in [6.07, 6.45) is 2.69. The molecule has 2 aromatic heterocycles. The molecule has 140 valence electrons. The molecule has 0 spiro atoms. The van der Waals surface area contributed by atoms with Gasteiger partial charge in [0.2, 0.25) is 0 Å². The van der Waals surface area contributed by atoms with Crippen LogP contribution in [0.2, 0.25) is 0 Å². The Labute approximate surface area is 164 Å². The fraction of sp³-hybridized carbons (Fsp3) is 0.130. The van der Waals surface area contributed by atoms with Crippen LogP contribution in [0.4, 0.5) is 10.6 Å². The second-order valence-corrected chi connectivity index (χ2v) is 6.72. The van der Waals surface area contributed by atoms with E-state index in [9.17, 15) is 4.79 Å². The Kier molecular flexibility index (Phi) is 5.06. The number of carbonyl (C=O) groups excluding carboxylic acids is 1. The van der Waals surface area contributed by atoms with Gasteiger partial charge < -0.3 is 5.32 Å². The van der Waals surface area contributed by atoms with Crippen molar-refractivity contribution in [2.75, 3.05) is 11.9 Å². The van der Waals surface area contributed by atoms with Gasteiger partial charge in [-0.2, -0.15) is 0 Å². The second-order valence-electron chi connectivity index (χ2n) is 6.72. The molecule has 0 saturated heterocycles. The molecule has 0 aliphatic carbocycles. The molecule has 5 heteroatoms. The lowest BCUT2D eigenvalue weighted by Gasteiger charge is -2.10. The highest BCUT2D eigenvalue weighted by Crippen LogP contribution is 2.28. The zero-order valence-electron chi connectivity index (χ0n) is 15.7. The van der Waals surface area contributed by atoms with Gasteiger partial charge in [-0.05, 0) is 31.0 Å². The maximum atomic E-state index is 12.5. The van der Waals surface area contributed by atoms with Crippen molar-refractivity contribution in [1.29, 1.82) is 0 Å².